The summed E-state index contributed by atoms with van der Waals surface area (Å²) in [5.41, 5.74) is 2.11. The number of hydrogen-bond donors (Lipinski definition) is 1. The van der Waals surface area contributed by atoms with Crippen LogP contribution in [0.4, 0.5) is 0 Å². The van der Waals surface area contributed by atoms with E-state index in [1.165, 1.54) is 0 Å². The molecule has 1 aromatic rings. The molecule has 1 N–H and O–H groups in total. The SMILES string of the molecule is CN(C)C[C@@H]1OCc2ccccc2[C@@H]1O. The van der Waals surface area contributed by atoms with Crippen LogP contribution in [0, 0.1) is 0 Å². The third kappa shape index (κ3) is 2.20. The van der Waals surface area contributed by atoms with E-state index in [9.17, 15) is 5.11 Å². The Morgan fingerprint density at radius 1 is 1.40 bits per heavy atom. The number of aliphatic hydroxyl groups excluding tert-OH is 1. The van der Waals surface area contributed by atoms with Gasteiger partial charge in [0.1, 0.15) is 12.2 Å². The molecule has 1 heterocycles. The molecule has 0 spiro atoms. The van der Waals surface area contributed by atoms with Crippen LogP contribution in [0.25, 0.3) is 0 Å². The van der Waals surface area contributed by atoms with Crippen LogP contribution in [0.15, 0.2) is 24.3 Å². The lowest BCUT2D eigenvalue weighted by Gasteiger charge is -2.32. The van der Waals surface area contributed by atoms with E-state index >= 15 is 0 Å². The minimum atomic E-state index is -0.502. The standard InChI is InChI=1S/C12H17NO2/c1-13(2)7-11-12(14)10-6-4-3-5-9(10)8-15-11/h3-6,11-12,14H,7-8H2,1-2H3/t11-,12-/m0/s1. The van der Waals surface area contributed by atoms with Crippen molar-refractivity contribution in [1.82, 2.24) is 4.90 Å². The van der Waals surface area contributed by atoms with Gasteiger partial charge in [-0.3, -0.25) is 0 Å². The predicted octanol–water partition coefficient (Wildman–Crippen LogP) is 1.18. The van der Waals surface area contributed by atoms with E-state index in [1.54, 1.807) is 0 Å². The van der Waals surface area contributed by atoms with Crippen LogP contribution in [0.3, 0.4) is 0 Å². The molecule has 0 radical (unpaired) electrons. The van der Waals surface area contributed by atoms with Crippen molar-refractivity contribution in [3.05, 3.63) is 35.4 Å². The van der Waals surface area contributed by atoms with E-state index in [0.29, 0.717) is 6.61 Å². The molecule has 0 fully saturated rings. The molecule has 1 aromatic carbocycles. The number of nitrogens with zero attached hydrogens (tertiary/aromatic N) is 1. The highest BCUT2D eigenvalue weighted by molar-refractivity contribution is 5.30. The highest BCUT2D eigenvalue weighted by Gasteiger charge is 2.28. The molecule has 0 saturated heterocycles. The van der Waals surface area contributed by atoms with Crippen molar-refractivity contribution in [1.29, 1.82) is 0 Å². The van der Waals surface area contributed by atoms with Gasteiger partial charge in [0.25, 0.3) is 0 Å². The second-order valence-corrected chi connectivity index (χ2v) is 4.26. The lowest BCUT2D eigenvalue weighted by Crippen LogP contribution is -2.36. The summed E-state index contributed by atoms with van der Waals surface area (Å²) in [7, 11) is 3.97. The molecule has 3 nitrogen and oxygen atoms in total. The maximum absolute atomic E-state index is 10.1. The molecule has 2 atom stereocenters. The Balaban J connectivity index is 2.18. The Kier molecular flexibility index (Phi) is 3.05. The van der Waals surface area contributed by atoms with Crippen molar-refractivity contribution in [2.45, 2.75) is 18.8 Å². The summed E-state index contributed by atoms with van der Waals surface area (Å²) in [5.74, 6) is 0. The average Bonchev–Trinajstić information content (AvgIpc) is 2.22. The van der Waals surface area contributed by atoms with Crippen LogP contribution in [0.1, 0.15) is 17.2 Å². The van der Waals surface area contributed by atoms with Crippen LogP contribution < -0.4 is 0 Å². The quantitative estimate of drug-likeness (QED) is 0.790. The number of benzene rings is 1. The van der Waals surface area contributed by atoms with E-state index in [4.69, 9.17) is 4.74 Å². The Bertz CT molecular complexity index is 338. The largest absolute Gasteiger partial charge is 0.386 e. The molecule has 0 aliphatic carbocycles. The number of rotatable bonds is 2. The minimum Gasteiger partial charge on any atom is -0.386 e. The van der Waals surface area contributed by atoms with Crippen LogP contribution in [-0.2, 0) is 11.3 Å². The molecule has 0 saturated carbocycles. The van der Waals surface area contributed by atoms with Gasteiger partial charge in [-0.15, -0.1) is 0 Å². The fourth-order valence-corrected chi connectivity index (χ4v) is 1.95. The molecule has 82 valence electrons. The van der Waals surface area contributed by atoms with Gasteiger partial charge in [-0.2, -0.15) is 0 Å². The summed E-state index contributed by atoms with van der Waals surface area (Å²) in [4.78, 5) is 2.03. The molecule has 15 heavy (non-hydrogen) atoms. The van der Waals surface area contributed by atoms with Crippen LogP contribution >= 0.6 is 0 Å². The molecular weight excluding hydrogens is 190 g/mol. The molecule has 1 aliphatic heterocycles. The van der Waals surface area contributed by atoms with Crippen molar-refractivity contribution in [2.24, 2.45) is 0 Å². The molecular formula is C12H17NO2. The van der Waals surface area contributed by atoms with E-state index in [2.05, 4.69) is 0 Å². The lowest BCUT2D eigenvalue weighted by molar-refractivity contribution is -0.0720. The van der Waals surface area contributed by atoms with Crippen molar-refractivity contribution in [3.63, 3.8) is 0 Å². The van der Waals surface area contributed by atoms with Crippen LogP contribution in [0.5, 0.6) is 0 Å². The summed E-state index contributed by atoms with van der Waals surface area (Å²) < 4.78 is 5.64. The summed E-state index contributed by atoms with van der Waals surface area (Å²) in [6.45, 7) is 1.35. The normalized spacial score (nSPS) is 25.3. The van der Waals surface area contributed by atoms with Gasteiger partial charge in [-0.25, -0.2) is 0 Å². The van der Waals surface area contributed by atoms with Crippen molar-refractivity contribution < 1.29 is 9.84 Å². The molecule has 1 aliphatic rings. The molecule has 0 bridgehead atoms. The van der Waals surface area contributed by atoms with Crippen LogP contribution in [-0.4, -0.2) is 36.8 Å². The summed E-state index contributed by atoms with van der Waals surface area (Å²) in [5, 5.41) is 10.1. The number of hydrogen-bond acceptors (Lipinski definition) is 3. The first kappa shape index (κ1) is 10.6. The first-order valence-corrected chi connectivity index (χ1v) is 5.20. The van der Waals surface area contributed by atoms with E-state index in [1.807, 2.05) is 43.3 Å². The Morgan fingerprint density at radius 3 is 2.87 bits per heavy atom. The van der Waals surface area contributed by atoms with Crippen molar-refractivity contribution >= 4 is 0 Å². The van der Waals surface area contributed by atoms with Gasteiger partial charge in [0.15, 0.2) is 0 Å². The maximum Gasteiger partial charge on any atom is 0.107 e. The first-order chi connectivity index (χ1) is 7.18. The van der Waals surface area contributed by atoms with Crippen LogP contribution in [0.2, 0.25) is 0 Å². The summed E-state index contributed by atoms with van der Waals surface area (Å²) in [6, 6.07) is 7.91. The lowest BCUT2D eigenvalue weighted by atomic mass is 9.96. The van der Waals surface area contributed by atoms with Gasteiger partial charge in [-0.05, 0) is 25.2 Å². The zero-order valence-corrected chi connectivity index (χ0v) is 9.18. The Hall–Kier alpha value is -0.900. The first-order valence-electron chi connectivity index (χ1n) is 5.20. The third-order valence-electron chi connectivity index (χ3n) is 2.72. The molecule has 0 amide bonds. The third-order valence-corrected chi connectivity index (χ3v) is 2.72. The van der Waals surface area contributed by atoms with Gasteiger partial charge in [0, 0.05) is 6.54 Å². The Morgan fingerprint density at radius 2 is 2.13 bits per heavy atom. The highest BCUT2D eigenvalue weighted by Crippen LogP contribution is 2.29. The molecule has 0 aromatic heterocycles. The van der Waals surface area contributed by atoms with E-state index in [0.717, 1.165) is 17.7 Å². The summed E-state index contributed by atoms with van der Waals surface area (Å²) in [6.07, 6.45) is -0.618. The maximum atomic E-state index is 10.1. The fraction of sp³-hybridized carbons (Fsp3) is 0.500. The highest BCUT2D eigenvalue weighted by atomic mass is 16.5. The second-order valence-electron chi connectivity index (χ2n) is 4.26. The topological polar surface area (TPSA) is 32.7 Å². The van der Waals surface area contributed by atoms with Gasteiger partial charge in [0.2, 0.25) is 0 Å². The number of likely N-dealkylation sites (N-methyl/N-ethyl adjacent to an activating group) is 1. The number of fused-ring (bicyclic) bond motifs is 1. The van der Waals surface area contributed by atoms with E-state index in [-0.39, 0.29) is 6.10 Å². The zero-order chi connectivity index (χ0) is 10.8. The number of aliphatic hydroxyl groups is 1. The van der Waals surface area contributed by atoms with Gasteiger partial charge in [-0.1, -0.05) is 24.3 Å². The minimum absolute atomic E-state index is 0.116. The second kappa shape index (κ2) is 4.31. The summed E-state index contributed by atoms with van der Waals surface area (Å²) >= 11 is 0. The zero-order valence-electron chi connectivity index (χ0n) is 9.18. The molecule has 3 heteroatoms. The fourth-order valence-electron chi connectivity index (χ4n) is 1.95. The van der Waals surface area contributed by atoms with Gasteiger partial charge < -0.3 is 14.7 Å². The molecule has 2 rings (SSSR count). The van der Waals surface area contributed by atoms with E-state index < -0.39 is 6.10 Å². The Labute approximate surface area is 90.3 Å². The van der Waals surface area contributed by atoms with Crippen molar-refractivity contribution in [2.75, 3.05) is 20.6 Å². The number of ether oxygens (including phenoxy) is 1. The molecule has 0 unspecified atom stereocenters. The average molecular weight is 207 g/mol. The monoisotopic (exact) mass is 207 g/mol. The predicted molar refractivity (Wildman–Crippen MR) is 58.5 cm³/mol. The van der Waals surface area contributed by atoms with Crippen molar-refractivity contribution in [3.8, 4) is 0 Å². The van der Waals surface area contributed by atoms with Gasteiger partial charge in [0.05, 0.1) is 6.61 Å². The van der Waals surface area contributed by atoms with Gasteiger partial charge >= 0.3 is 0 Å². The smallest absolute Gasteiger partial charge is 0.107 e.